The van der Waals surface area contributed by atoms with E-state index in [4.69, 9.17) is 0 Å². The summed E-state index contributed by atoms with van der Waals surface area (Å²) in [7, 11) is 0. The molecular weight excluding hydrogens is 334 g/mol. The topological polar surface area (TPSA) is 49.3 Å². The van der Waals surface area contributed by atoms with Crippen LogP contribution in [-0.2, 0) is 4.79 Å². The van der Waals surface area contributed by atoms with Gasteiger partial charge in [0.15, 0.2) is 0 Å². The van der Waals surface area contributed by atoms with Crippen LogP contribution < -0.4 is 5.32 Å². The Hall–Kier alpha value is -0.830. The van der Waals surface area contributed by atoms with Crippen LogP contribution in [0.15, 0.2) is 12.2 Å². The zero-order valence-corrected chi connectivity index (χ0v) is 18.0. The summed E-state index contributed by atoms with van der Waals surface area (Å²) < 4.78 is 0. The molecule has 0 bridgehead atoms. The minimum atomic E-state index is -0.122. The molecule has 3 fully saturated rings. The number of nitrogens with one attached hydrogen (secondary N) is 1. The van der Waals surface area contributed by atoms with Crippen molar-refractivity contribution in [1.29, 1.82) is 0 Å². The van der Waals surface area contributed by atoms with Gasteiger partial charge in [0.25, 0.3) is 0 Å². The fourth-order valence-corrected chi connectivity index (χ4v) is 7.24. The Balaban J connectivity index is 1.91. The summed E-state index contributed by atoms with van der Waals surface area (Å²) in [5, 5.41) is 13.5. The summed E-state index contributed by atoms with van der Waals surface area (Å²) in [4.78, 5) is 11.7. The lowest BCUT2D eigenvalue weighted by molar-refractivity contribution is -0.120. The van der Waals surface area contributed by atoms with Crippen molar-refractivity contribution < 1.29 is 9.90 Å². The van der Waals surface area contributed by atoms with Gasteiger partial charge >= 0.3 is 0 Å². The molecule has 0 saturated heterocycles. The molecule has 0 spiro atoms. The molecular formula is C24H41NO2. The molecule has 3 aliphatic rings. The average Bonchev–Trinajstić information content (AvgIpc) is 2.91. The average molecular weight is 376 g/mol. The summed E-state index contributed by atoms with van der Waals surface area (Å²) in [6, 6.07) is 0. The van der Waals surface area contributed by atoms with Gasteiger partial charge in [-0.05, 0) is 79.4 Å². The van der Waals surface area contributed by atoms with Crippen molar-refractivity contribution >= 4 is 5.91 Å². The fraction of sp³-hybridized carbons (Fsp3) is 0.875. The maximum Gasteiger partial charge on any atom is 0.216 e. The molecule has 0 aromatic carbocycles. The van der Waals surface area contributed by atoms with Crippen molar-refractivity contribution in [2.24, 2.45) is 34.5 Å². The highest BCUT2D eigenvalue weighted by atomic mass is 16.3. The molecule has 0 aromatic rings. The number of carbonyl (C=O) groups is 1. The number of rotatable bonds is 5. The standard InChI is InChI=1S/C24H41NO2/c1-6-7-18-14-19(27)10-12-24(18,5)22-11-13-23(4)16(2)8-9-21(23)20(22)15-25-17(3)26/h18-22,27H,2,6-15H2,1,3-5H3,(H,25,26)/t18-,19-,20+,21?,22?,23+,24-/m0/s1. The molecule has 3 nitrogen and oxygen atoms in total. The van der Waals surface area contributed by atoms with Crippen molar-refractivity contribution in [2.45, 2.75) is 91.6 Å². The van der Waals surface area contributed by atoms with E-state index >= 15 is 0 Å². The second-order valence-electron chi connectivity index (χ2n) is 10.3. The predicted molar refractivity (Wildman–Crippen MR) is 111 cm³/mol. The maximum absolute atomic E-state index is 11.7. The van der Waals surface area contributed by atoms with Crippen LogP contribution in [0, 0.1) is 34.5 Å². The van der Waals surface area contributed by atoms with Crippen LogP contribution in [-0.4, -0.2) is 23.7 Å². The summed E-state index contributed by atoms with van der Waals surface area (Å²) >= 11 is 0. The van der Waals surface area contributed by atoms with Gasteiger partial charge in [0, 0.05) is 13.5 Å². The third-order valence-electron chi connectivity index (χ3n) is 8.97. The number of hydrogen-bond acceptors (Lipinski definition) is 2. The van der Waals surface area contributed by atoms with Gasteiger partial charge in [0.1, 0.15) is 0 Å². The maximum atomic E-state index is 11.7. The monoisotopic (exact) mass is 375 g/mol. The van der Waals surface area contributed by atoms with Crippen molar-refractivity contribution in [1.82, 2.24) is 5.32 Å². The van der Waals surface area contributed by atoms with E-state index < -0.39 is 0 Å². The molecule has 0 aliphatic heterocycles. The number of hydrogen-bond donors (Lipinski definition) is 2. The Kier molecular flexibility index (Phi) is 6.11. The van der Waals surface area contributed by atoms with E-state index in [1.807, 2.05) is 0 Å². The van der Waals surface area contributed by atoms with Crippen LogP contribution in [0.5, 0.6) is 0 Å². The molecule has 3 aliphatic carbocycles. The van der Waals surface area contributed by atoms with Crippen LogP contribution in [0.25, 0.3) is 0 Å². The predicted octanol–water partition coefficient (Wildman–Crippen LogP) is 5.09. The van der Waals surface area contributed by atoms with Crippen molar-refractivity contribution in [3.63, 3.8) is 0 Å². The van der Waals surface area contributed by atoms with Gasteiger partial charge in [0.2, 0.25) is 5.91 Å². The van der Waals surface area contributed by atoms with Crippen LogP contribution in [0.4, 0.5) is 0 Å². The molecule has 7 atom stereocenters. The van der Waals surface area contributed by atoms with E-state index in [0.29, 0.717) is 23.7 Å². The fourth-order valence-electron chi connectivity index (χ4n) is 7.24. The number of aliphatic hydroxyl groups excluding tert-OH is 1. The lowest BCUT2D eigenvalue weighted by Crippen LogP contribution is -2.52. The van der Waals surface area contributed by atoms with E-state index in [1.54, 1.807) is 6.92 Å². The van der Waals surface area contributed by atoms with E-state index in [-0.39, 0.29) is 22.8 Å². The smallest absolute Gasteiger partial charge is 0.216 e. The number of allylic oxidation sites excluding steroid dienone is 1. The molecule has 1 amide bonds. The largest absolute Gasteiger partial charge is 0.393 e. The van der Waals surface area contributed by atoms with Gasteiger partial charge in [-0.1, -0.05) is 45.8 Å². The Morgan fingerprint density at radius 1 is 1.22 bits per heavy atom. The minimum Gasteiger partial charge on any atom is -0.393 e. The van der Waals surface area contributed by atoms with Crippen LogP contribution in [0.2, 0.25) is 0 Å². The quantitative estimate of drug-likeness (QED) is 0.658. The van der Waals surface area contributed by atoms with Crippen LogP contribution >= 0.6 is 0 Å². The first kappa shape index (κ1) is 20.9. The van der Waals surface area contributed by atoms with E-state index in [0.717, 1.165) is 32.2 Å². The van der Waals surface area contributed by atoms with E-state index in [2.05, 4.69) is 32.7 Å². The third-order valence-corrected chi connectivity index (χ3v) is 8.97. The molecule has 2 unspecified atom stereocenters. The second kappa shape index (κ2) is 7.89. The molecule has 3 saturated carbocycles. The van der Waals surface area contributed by atoms with Gasteiger partial charge in [-0.2, -0.15) is 0 Å². The molecule has 154 valence electrons. The first-order chi connectivity index (χ1) is 12.7. The number of amides is 1. The first-order valence-electron chi connectivity index (χ1n) is 11.3. The molecule has 0 radical (unpaired) electrons. The first-order valence-corrected chi connectivity index (χ1v) is 11.3. The number of carbonyl (C=O) groups excluding carboxylic acids is 1. The normalized spacial score (nSPS) is 44.8. The molecule has 3 rings (SSSR count). The summed E-state index contributed by atoms with van der Waals surface area (Å²) in [6.07, 6.45) is 10.2. The van der Waals surface area contributed by atoms with Gasteiger partial charge in [-0.25, -0.2) is 0 Å². The highest BCUT2D eigenvalue weighted by Gasteiger charge is 2.56. The Morgan fingerprint density at radius 2 is 1.96 bits per heavy atom. The van der Waals surface area contributed by atoms with Gasteiger partial charge in [-0.15, -0.1) is 0 Å². The van der Waals surface area contributed by atoms with Crippen LogP contribution in [0.3, 0.4) is 0 Å². The zero-order chi connectivity index (χ0) is 19.8. The van der Waals surface area contributed by atoms with Gasteiger partial charge < -0.3 is 10.4 Å². The van der Waals surface area contributed by atoms with Gasteiger partial charge in [0.05, 0.1) is 6.10 Å². The Morgan fingerprint density at radius 3 is 2.63 bits per heavy atom. The number of aliphatic hydroxyl groups is 1. The van der Waals surface area contributed by atoms with E-state index in [1.165, 1.54) is 37.7 Å². The highest BCUT2D eigenvalue weighted by molar-refractivity contribution is 5.72. The Labute approximate surface area is 166 Å². The molecule has 2 N–H and O–H groups in total. The molecule has 27 heavy (non-hydrogen) atoms. The highest BCUT2D eigenvalue weighted by Crippen LogP contribution is 2.63. The summed E-state index contributed by atoms with van der Waals surface area (Å²) in [6.45, 7) is 14.1. The van der Waals surface area contributed by atoms with Crippen molar-refractivity contribution in [3.05, 3.63) is 12.2 Å². The van der Waals surface area contributed by atoms with Crippen molar-refractivity contribution in [2.75, 3.05) is 6.54 Å². The third kappa shape index (κ3) is 3.73. The lowest BCUT2D eigenvalue weighted by Gasteiger charge is -2.57. The molecule has 0 heterocycles. The minimum absolute atomic E-state index is 0.0900. The molecule has 3 heteroatoms. The second-order valence-corrected chi connectivity index (χ2v) is 10.3. The lowest BCUT2D eigenvalue weighted by atomic mass is 9.49. The van der Waals surface area contributed by atoms with Crippen LogP contribution in [0.1, 0.15) is 85.5 Å². The zero-order valence-electron chi connectivity index (χ0n) is 18.0. The molecule has 0 aromatic heterocycles. The SMILES string of the molecule is C=C1CCC2[C@@H](CNC(C)=O)C([C@@]3(C)CC[C@H](O)C[C@@H]3CCC)CC[C@]12C. The number of fused-ring (bicyclic) bond motifs is 1. The van der Waals surface area contributed by atoms with Crippen molar-refractivity contribution in [3.8, 4) is 0 Å². The van der Waals surface area contributed by atoms with E-state index in [9.17, 15) is 9.90 Å². The Bertz CT molecular complexity index is 573. The summed E-state index contributed by atoms with van der Waals surface area (Å²) in [5.41, 5.74) is 1.97. The summed E-state index contributed by atoms with van der Waals surface area (Å²) in [5.74, 6) is 2.50. The van der Waals surface area contributed by atoms with Gasteiger partial charge in [-0.3, -0.25) is 4.79 Å².